The Morgan fingerprint density at radius 3 is 2.85 bits per heavy atom. The summed E-state index contributed by atoms with van der Waals surface area (Å²) in [6.07, 6.45) is 6.69. The minimum absolute atomic E-state index is 0.165. The van der Waals surface area contributed by atoms with Gasteiger partial charge in [0.05, 0.1) is 19.0 Å². The van der Waals surface area contributed by atoms with Crippen molar-refractivity contribution in [1.29, 1.82) is 0 Å². The maximum absolute atomic E-state index is 12.6. The second kappa shape index (κ2) is 7.12. The van der Waals surface area contributed by atoms with E-state index in [-0.39, 0.29) is 5.56 Å². The summed E-state index contributed by atoms with van der Waals surface area (Å²) < 4.78 is 4.81. The topological polar surface area (TPSA) is 75.3 Å². The molecule has 26 heavy (non-hydrogen) atoms. The second-order valence-electron chi connectivity index (χ2n) is 7.57. The minimum Gasteiger partial charge on any atom is -0.465 e. The number of esters is 1. The Morgan fingerprint density at radius 1 is 1.31 bits per heavy atom. The number of H-pyrrole nitrogens is 1. The molecule has 140 valence electrons. The summed E-state index contributed by atoms with van der Waals surface area (Å²) in [5, 5.41) is 0.505. The fraction of sp³-hybridized carbons (Fsp3) is 0.632. The van der Waals surface area contributed by atoms with Gasteiger partial charge in [-0.15, -0.1) is 11.3 Å². The monoisotopic (exact) mass is 375 g/mol. The number of nitrogens with zero attached hydrogens (tertiary/aromatic N) is 2. The third-order valence-corrected chi connectivity index (χ3v) is 7.13. The molecule has 0 spiro atoms. The number of carbonyl (C=O) groups is 1. The highest BCUT2D eigenvalue weighted by Crippen LogP contribution is 2.36. The average Bonchev–Trinajstić information content (AvgIpc) is 2.98. The van der Waals surface area contributed by atoms with E-state index in [1.165, 1.54) is 50.6 Å². The van der Waals surface area contributed by atoms with Crippen molar-refractivity contribution in [2.24, 2.45) is 11.8 Å². The van der Waals surface area contributed by atoms with Gasteiger partial charge in [-0.2, -0.15) is 0 Å². The number of hydrogen-bond donors (Lipinski definition) is 1. The van der Waals surface area contributed by atoms with Gasteiger partial charge in [-0.05, 0) is 43.7 Å². The number of aromatic amines is 1. The fourth-order valence-electron chi connectivity index (χ4n) is 4.58. The lowest BCUT2D eigenvalue weighted by Gasteiger charge is -2.41. The first-order chi connectivity index (χ1) is 12.6. The summed E-state index contributed by atoms with van der Waals surface area (Å²) in [6, 6.07) is 0. The lowest BCUT2D eigenvalue weighted by molar-refractivity contribution is 0.0605. The van der Waals surface area contributed by atoms with E-state index in [9.17, 15) is 9.59 Å². The Labute approximate surface area is 156 Å². The normalized spacial score (nSPS) is 23.8. The zero-order valence-corrected chi connectivity index (χ0v) is 16.2. The van der Waals surface area contributed by atoms with Crippen LogP contribution in [-0.2, 0) is 11.3 Å². The van der Waals surface area contributed by atoms with Crippen LogP contribution in [0.2, 0.25) is 0 Å². The number of nitrogens with one attached hydrogen (secondary N) is 1. The van der Waals surface area contributed by atoms with Crippen molar-refractivity contribution in [2.75, 3.05) is 20.2 Å². The molecule has 0 bridgehead atoms. The summed E-state index contributed by atoms with van der Waals surface area (Å²) >= 11 is 1.24. The van der Waals surface area contributed by atoms with Crippen LogP contribution in [0.1, 0.15) is 53.2 Å². The third-order valence-electron chi connectivity index (χ3n) is 5.97. The molecule has 3 heterocycles. The van der Waals surface area contributed by atoms with E-state index in [2.05, 4.69) is 14.9 Å². The lowest BCUT2D eigenvalue weighted by Crippen LogP contribution is -2.41. The van der Waals surface area contributed by atoms with Crippen LogP contribution < -0.4 is 5.56 Å². The molecule has 0 amide bonds. The van der Waals surface area contributed by atoms with E-state index in [0.717, 1.165) is 24.9 Å². The Morgan fingerprint density at radius 2 is 2.08 bits per heavy atom. The average molecular weight is 375 g/mol. The summed E-state index contributed by atoms with van der Waals surface area (Å²) in [5.74, 6) is 1.96. The molecule has 6 nitrogen and oxygen atoms in total. The quantitative estimate of drug-likeness (QED) is 0.835. The number of piperidine rings is 1. The zero-order chi connectivity index (χ0) is 18.3. The molecule has 1 saturated carbocycles. The Kier molecular flexibility index (Phi) is 4.84. The summed E-state index contributed by atoms with van der Waals surface area (Å²) in [4.78, 5) is 35.5. The number of methoxy groups -OCH3 is 1. The first-order valence-corrected chi connectivity index (χ1v) is 10.2. The molecule has 0 radical (unpaired) electrons. The Balaban J connectivity index is 1.57. The third kappa shape index (κ3) is 3.18. The van der Waals surface area contributed by atoms with Gasteiger partial charge in [0.1, 0.15) is 15.5 Å². The van der Waals surface area contributed by atoms with Gasteiger partial charge < -0.3 is 9.72 Å². The van der Waals surface area contributed by atoms with Gasteiger partial charge in [-0.25, -0.2) is 9.78 Å². The molecule has 1 saturated heterocycles. The summed E-state index contributed by atoms with van der Waals surface area (Å²) in [7, 11) is 1.35. The van der Waals surface area contributed by atoms with E-state index in [0.29, 0.717) is 33.0 Å². The maximum atomic E-state index is 12.6. The first kappa shape index (κ1) is 17.7. The van der Waals surface area contributed by atoms with Crippen molar-refractivity contribution >= 4 is 27.5 Å². The van der Waals surface area contributed by atoms with Gasteiger partial charge in [-0.3, -0.25) is 9.69 Å². The number of fused-ring (bicyclic) bond motifs is 2. The van der Waals surface area contributed by atoms with Gasteiger partial charge in [0.15, 0.2) is 0 Å². The molecule has 2 aromatic heterocycles. The molecular weight excluding hydrogens is 350 g/mol. The van der Waals surface area contributed by atoms with Crippen LogP contribution in [0, 0.1) is 18.8 Å². The minimum atomic E-state index is -0.411. The Hall–Kier alpha value is -1.73. The van der Waals surface area contributed by atoms with Crippen LogP contribution >= 0.6 is 11.3 Å². The number of rotatable bonds is 3. The number of ether oxygens (including phenoxy) is 1. The van der Waals surface area contributed by atoms with Gasteiger partial charge in [0, 0.05) is 6.54 Å². The maximum Gasteiger partial charge on any atom is 0.348 e. The highest BCUT2D eigenvalue weighted by Gasteiger charge is 2.31. The smallest absolute Gasteiger partial charge is 0.348 e. The van der Waals surface area contributed by atoms with Crippen LogP contribution in [0.15, 0.2) is 4.79 Å². The molecular formula is C19H25N3O3S. The fourth-order valence-corrected chi connectivity index (χ4v) is 5.70. The zero-order valence-electron chi connectivity index (χ0n) is 15.3. The highest BCUT2D eigenvalue weighted by molar-refractivity contribution is 7.20. The van der Waals surface area contributed by atoms with Crippen molar-refractivity contribution in [3.05, 3.63) is 26.6 Å². The van der Waals surface area contributed by atoms with Crippen LogP contribution in [0.4, 0.5) is 0 Å². The molecule has 1 N–H and O–H groups in total. The van der Waals surface area contributed by atoms with E-state index in [1.54, 1.807) is 6.92 Å². The Bertz CT molecular complexity index is 888. The van der Waals surface area contributed by atoms with Gasteiger partial charge in [0.25, 0.3) is 5.56 Å². The molecule has 2 fully saturated rings. The van der Waals surface area contributed by atoms with Gasteiger partial charge in [-0.1, -0.05) is 19.3 Å². The highest BCUT2D eigenvalue weighted by atomic mass is 32.1. The number of carbonyl (C=O) groups excluding carboxylic acids is 1. The van der Waals surface area contributed by atoms with Crippen molar-refractivity contribution in [3.8, 4) is 0 Å². The molecule has 2 aliphatic rings. The van der Waals surface area contributed by atoms with Crippen molar-refractivity contribution in [1.82, 2.24) is 14.9 Å². The molecule has 2 aromatic rings. The van der Waals surface area contributed by atoms with Crippen molar-refractivity contribution in [2.45, 2.75) is 45.6 Å². The largest absolute Gasteiger partial charge is 0.465 e. The van der Waals surface area contributed by atoms with E-state index >= 15 is 0 Å². The summed E-state index contributed by atoms with van der Waals surface area (Å²) in [5.41, 5.74) is 0.488. The van der Waals surface area contributed by atoms with Crippen LogP contribution in [0.25, 0.3) is 10.2 Å². The number of hydrogen-bond acceptors (Lipinski definition) is 6. The molecule has 2 atom stereocenters. The second-order valence-corrected chi connectivity index (χ2v) is 8.57. The molecule has 4 rings (SSSR count). The standard InChI is InChI=1S/C19H25N3O3S/c1-11-15-17(23)20-14(21-18(15)26-16(11)19(24)25-2)10-22-8-7-12-5-3-4-6-13(12)9-22/h12-13H,3-10H2,1-2H3,(H,20,21,23)/t12-,13+/m0/s1. The first-order valence-electron chi connectivity index (χ1n) is 9.39. The number of aromatic nitrogens is 2. The molecule has 1 aliphatic carbocycles. The number of thiophene rings is 1. The molecule has 0 unspecified atom stereocenters. The molecule has 0 aromatic carbocycles. The van der Waals surface area contributed by atoms with Crippen molar-refractivity contribution in [3.63, 3.8) is 0 Å². The molecule has 7 heteroatoms. The lowest BCUT2D eigenvalue weighted by atomic mass is 9.75. The SMILES string of the molecule is COC(=O)c1sc2nc(CN3CC[C@@H]4CCCC[C@@H]4C3)[nH]c(=O)c2c1C. The van der Waals surface area contributed by atoms with Crippen molar-refractivity contribution < 1.29 is 9.53 Å². The van der Waals surface area contributed by atoms with E-state index < -0.39 is 5.97 Å². The van der Waals surface area contributed by atoms with Gasteiger partial charge in [0.2, 0.25) is 0 Å². The summed E-state index contributed by atoms with van der Waals surface area (Å²) in [6.45, 7) is 4.61. The predicted molar refractivity (Wildman–Crippen MR) is 102 cm³/mol. The van der Waals surface area contributed by atoms with Crippen LogP contribution in [0.3, 0.4) is 0 Å². The number of aryl methyl sites for hydroxylation is 1. The van der Waals surface area contributed by atoms with E-state index in [4.69, 9.17) is 4.74 Å². The van der Waals surface area contributed by atoms with Gasteiger partial charge >= 0.3 is 5.97 Å². The molecule has 1 aliphatic heterocycles. The van der Waals surface area contributed by atoms with Crippen LogP contribution in [0.5, 0.6) is 0 Å². The number of likely N-dealkylation sites (tertiary alicyclic amines) is 1. The van der Waals surface area contributed by atoms with E-state index in [1.807, 2.05) is 0 Å². The predicted octanol–water partition coefficient (Wildman–Crippen LogP) is 3.09. The van der Waals surface area contributed by atoms with Crippen LogP contribution in [-0.4, -0.2) is 41.0 Å².